The molecule has 8 heteroatoms. The van der Waals surface area contributed by atoms with Crippen LogP contribution >= 0.6 is 0 Å². The van der Waals surface area contributed by atoms with Crippen molar-refractivity contribution in [3.05, 3.63) is 34.9 Å². The second-order valence-corrected chi connectivity index (χ2v) is 6.60. The summed E-state index contributed by atoms with van der Waals surface area (Å²) < 4.78 is 19.2. The zero-order valence-electron chi connectivity index (χ0n) is 14.6. The fraction of sp³-hybridized carbons (Fsp3) is 0.444. The van der Waals surface area contributed by atoms with Gasteiger partial charge in [-0.1, -0.05) is 0 Å². The monoisotopic (exact) mass is 361 g/mol. The lowest BCUT2D eigenvalue weighted by molar-refractivity contribution is -0.154. The van der Waals surface area contributed by atoms with Crippen LogP contribution in [0.2, 0.25) is 0 Å². The maximum atomic E-state index is 13.9. The lowest BCUT2D eigenvalue weighted by Crippen LogP contribution is -2.46. The van der Waals surface area contributed by atoms with Crippen LogP contribution < -0.4 is 5.32 Å². The number of nitrogens with one attached hydrogen (secondary N) is 1. The number of ether oxygens (including phenoxy) is 1. The first kappa shape index (κ1) is 18.2. The number of fused-ring (bicyclic) bond motifs is 1. The fourth-order valence-electron chi connectivity index (χ4n) is 3.04. The Bertz CT molecular complexity index is 878. The maximum Gasteiger partial charge on any atom is 0.311 e. The summed E-state index contributed by atoms with van der Waals surface area (Å²) in [6.45, 7) is 4.12. The number of nitrogens with zero attached hydrogens (tertiary/aromatic N) is 2. The third-order valence-electron chi connectivity index (χ3n) is 4.88. The number of carbonyl (C=O) groups is 2. The molecule has 1 fully saturated rings. The molecule has 0 unspecified atom stereocenters. The zero-order valence-corrected chi connectivity index (χ0v) is 14.6. The number of hydrogen-bond acceptors (Lipinski definition) is 5. The molecule has 0 saturated carbocycles. The van der Waals surface area contributed by atoms with Gasteiger partial charge in [-0.3, -0.25) is 9.59 Å². The molecule has 0 atom stereocenters. The predicted octanol–water partition coefficient (Wildman–Crippen LogP) is 2.00. The molecule has 26 heavy (non-hydrogen) atoms. The molecule has 2 N–H and O–H groups in total. The van der Waals surface area contributed by atoms with E-state index in [1.54, 1.807) is 13.8 Å². The van der Waals surface area contributed by atoms with Crippen LogP contribution in [0.1, 0.15) is 34.6 Å². The van der Waals surface area contributed by atoms with Crippen molar-refractivity contribution < 1.29 is 23.8 Å². The van der Waals surface area contributed by atoms with Gasteiger partial charge in [0.05, 0.1) is 27.9 Å². The first-order valence-corrected chi connectivity index (χ1v) is 8.36. The molecule has 0 spiro atoms. The summed E-state index contributed by atoms with van der Waals surface area (Å²) in [5.41, 5.74) is 0.852. The molecule has 1 aliphatic rings. The maximum absolute atomic E-state index is 13.9. The van der Waals surface area contributed by atoms with Crippen LogP contribution in [0.3, 0.4) is 0 Å². The van der Waals surface area contributed by atoms with E-state index in [-0.39, 0.29) is 17.6 Å². The molecule has 0 bridgehead atoms. The van der Waals surface area contributed by atoms with Crippen LogP contribution in [-0.2, 0) is 9.53 Å². The van der Waals surface area contributed by atoms with Crippen molar-refractivity contribution in [3.63, 3.8) is 0 Å². The van der Waals surface area contributed by atoms with E-state index in [4.69, 9.17) is 4.74 Å². The van der Waals surface area contributed by atoms with Crippen molar-refractivity contribution in [2.75, 3.05) is 19.8 Å². The third kappa shape index (κ3) is 3.37. The van der Waals surface area contributed by atoms with Crippen LogP contribution in [-0.4, -0.2) is 46.7 Å². The van der Waals surface area contributed by atoms with Crippen molar-refractivity contribution in [1.29, 1.82) is 0 Å². The highest BCUT2D eigenvalue weighted by Gasteiger charge is 2.40. The SMILES string of the molecule is Cc1nc2cc(F)cc(C(=O)NCC3(C(=O)O)CCOCC3)c2nc1C. The van der Waals surface area contributed by atoms with Crippen LogP contribution in [0.5, 0.6) is 0 Å². The average molecular weight is 361 g/mol. The van der Waals surface area contributed by atoms with Gasteiger partial charge in [-0.15, -0.1) is 0 Å². The van der Waals surface area contributed by atoms with Crippen LogP contribution in [0.4, 0.5) is 4.39 Å². The van der Waals surface area contributed by atoms with E-state index >= 15 is 0 Å². The summed E-state index contributed by atoms with van der Waals surface area (Å²) in [6, 6.07) is 2.32. The number of rotatable bonds is 4. The van der Waals surface area contributed by atoms with Gasteiger partial charge in [-0.25, -0.2) is 14.4 Å². The zero-order chi connectivity index (χ0) is 18.9. The van der Waals surface area contributed by atoms with E-state index in [2.05, 4.69) is 15.3 Å². The van der Waals surface area contributed by atoms with Gasteiger partial charge in [0.25, 0.3) is 5.91 Å². The Labute approximate surface area is 149 Å². The minimum absolute atomic E-state index is 0.0446. The molecular weight excluding hydrogens is 341 g/mol. The second-order valence-electron chi connectivity index (χ2n) is 6.60. The summed E-state index contributed by atoms with van der Waals surface area (Å²) >= 11 is 0. The van der Waals surface area contributed by atoms with Crippen LogP contribution in [0.15, 0.2) is 12.1 Å². The molecule has 1 saturated heterocycles. The summed E-state index contributed by atoms with van der Waals surface area (Å²) in [7, 11) is 0. The van der Waals surface area contributed by atoms with Gasteiger partial charge in [0.2, 0.25) is 0 Å². The molecule has 1 aromatic carbocycles. The normalized spacial score (nSPS) is 16.4. The van der Waals surface area contributed by atoms with Crippen molar-refractivity contribution in [2.45, 2.75) is 26.7 Å². The Hall–Kier alpha value is -2.61. The molecular formula is C18H20FN3O4. The van der Waals surface area contributed by atoms with Crippen LogP contribution in [0, 0.1) is 25.1 Å². The molecule has 1 aliphatic heterocycles. The summed E-state index contributed by atoms with van der Waals surface area (Å²) in [4.78, 5) is 33.0. The Kier molecular flexibility index (Phi) is 4.86. The van der Waals surface area contributed by atoms with Crippen LogP contribution in [0.25, 0.3) is 11.0 Å². The van der Waals surface area contributed by atoms with Crippen molar-refractivity contribution >= 4 is 22.9 Å². The Morgan fingerprint density at radius 3 is 2.54 bits per heavy atom. The molecule has 0 radical (unpaired) electrons. The number of amides is 1. The van der Waals surface area contributed by atoms with E-state index in [9.17, 15) is 19.1 Å². The largest absolute Gasteiger partial charge is 0.481 e. The van der Waals surface area contributed by atoms with E-state index in [1.165, 1.54) is 6.07 Å². The van der Waals surface area contributed by atoms with Gasteiger partial charge < -0.3 is 15.2 Å². The van der Waals surface area contributed by atoms with E-state index in [0.717, 1.165) is 6.07 Å². The minimum atomic E-state index is -1.07. The van der Waals surface area contributed by atoms with Gasteiger partial charge >= 0.3 is 5.97 Å². The smallest absolute Gasteiger partial charge is 0.311 e. The second kappa shape index (κ2) is 6.95. The summed E-state index contributed by atoms with van der Waals surface area (Å²) in [5, 5.41) is 12.2. The number of halogens is 1. The molecule has 138 valence electrons. The lowest BCUT2D eigenvalue weighted by atomic mass is 9.80. The van der Waals surface area contributed by atoms with Crippen molar-refractivity contribution in [2.24, 2.45) is 5.41 Å². The van der Waals surface area contributed by atoms with Gasteiger partial charge in [-0.05, 0) is 32.8 Å². The first-order chi connectivity index (χ1) is 12.3. The number of carboxylic acids is 1. The van der Waals surface area contributed by atoms with Crippen molar-refractivity contribution in [1.82, 2.24) is 15.3 Å². The van der Waals surface area contributed by atoms with E-state index < -0.39 is 23.1 Å². The van der Waals surface area contributed by atoms with E-state index in [0.29, 0.717) is 43.0 Å². The molecule has 0 aliphatic carbocycles. The number of aliphatic carboxylic acids is 1. The fourth-order valence-corrected chi connectivity index (χ4v) is 3.04. The Morgan fingerprint density at radius 2 is 1.88 bits per heavy atom. The number of hydrogen-bond donors (Lipinski definition) is 2. The number of aryl methyl sites for hydroxylation is 2. The highest BCUT2D eigenvalue weighted by Crippen LogP contribution is 2.30. The van der Waals surface area contributed by atoms with Gasteiger partial charge in [0.15, 0.2) is 0 Å². The average Bonchev–Trinajstić information content (AvgIpc) is 2.61. The summed E-state index contributed by atoms with van der Waals surface area (Å²) in [6.07, 6.45) is 0.620. The Balaban J connectivity index is 1.90. The van der Waals surface area contributed by atoms with Gasteiger partial charge in [-0.2, -0.15) is 0 Å². The lowest BCUT2D eigenvalue weighted by Gasteiger charge is -2.33. The number of aromatic nitrogens is 2. The predicted molar refractivity (Wildman–Crippen MR) is 91.4 cm³/mol. The standard InChI is InChI=1S/C18H20FN3O4/c1-10-11(2)22-15-13(7-12(19)8-14(15)21-10)16(23)20-9-18(17(24)25)3-5-26-6-4-18/h7-8H,3-6,9H2,1-2H3,(H,20,23)(H,24,25). The topological polar surface area (TPSA) is 101 Å². The van der Waals surface area contributed by atoms with Gasteiger partial charge in [0, 0.05) is 25.8 Å². The molecule has 2 heterocycles. The molecule has 7 nitrogen and oxygen atoms in total. The van der Waals surface area contributed by atoms with Gasteiger partial charge in [0.1, 0.15) is 11.3 Å². The highest BCUT2D eigenvalue weighted by atomic mass is 19.1. The number of carboxylic acid groups (broad SMARTS) is 1. The molecule has 1 amide bonds. The summed E-state index contributed by atoms with van der Waals surface area (Å²) in [5.74, 6) is -2.14. The van der Waals surface area contributed by atoms with E-state index in [1.807, 2.05) is 0 Å². The third-order valence-corrected chi connectivity index (χ3v) is 4.88. The Morgan fingerprint density at radius 1 is 1.23 bits per heavy atom. The number of carbonyl (C=O) groups excluding carboxylic acids is 1. The highest BCUT2D eigenvalue weighted by molar-refractivity contribution is 6.05. The van der Waals surface area contributed by atoms with Crippen molar-refractivity contribution in [3.8, 4) is 0 Å². The molecule has 1 aromatic heterocycles. The molecule has 2 aromatic rings. The molecule has 3 rings (SSSR count). The first-order valence-electron chi connectivity index (χ1n) is 8.36. The number of benzene rings is 1. The minimum Gasteiger partial charge on any atom is -0.481 e. The quantitative estimate of drug-likeness (QED) is 0.864.